The van der Waals surface area contributed by atoms with E-state index in [1.165, 1.54) is 19.1 Å². The lowest BCUT2D eigenvalue weighted by atomic mass is 10.1. The summed E-state index contributed by atoms with van der Waals surface area (Å²) in [6.45, 7) is 3.66. The van der Waals surface area contributed by atoms with E-state index in [4.69, 9.17) is 0 Å². The molecule has 1 aliphatic rings. The second-order valence-electron chi connectivity index (χ2n) is 5.21. The molecule has 0 aliphatic carbocycles. The maximum Gasteiger partial charge on any atom is 0.243 e. The minimum absolute atomic E-state index is 0.103. The average Bonchev–Trinajstić information content (AvgIpc) is 2.46. The summed E-state index contributed by atoms with van der Waals surface area (Å²) in [5, 5.41) is 2.59. The topological polar surface area (TPSA) is 52.7 Å². The highest BCUT2D eigenvalue weighted by molar-refractivity contribution is 5.87. The van der Waals surface area contributed by atoms with Crippen molar-refractivity contribution in [3.8, 4) is 0 Å². The summed E-state index contributed by atoms with van der Waals surface area (Å²) in [4.78, 5) is 27.2. The lowest BCUT2D eigenvalue weighted by molar-refractivity contribution is -0.142. The third kappa shape index (κ3) is 3.78. The molecule has 1 aliphatic heterocycles. The van der Waals surface area contributed by atoms with Crippen molar-refractivity contribution in [2.24, 2.45) is 0 Å². The molecule has 6 heteroatoms. The molecule has 0 radical (unpaired) electrons. The Morgan fingerprint density at radius 3 is 2.76 bits per heavy atom. The number of hydrogen-bond donors (Lipinski definition) is 1. The van der Waals surface area contributed by atoms with Crippen molar-refractivity contribution in [1.82, 2.24) is 15.1 Å². The Hall–Kier alpha value is -1.95. The van der Waals surface area contributed by atoms with E-state index >= 15 is 0 Å². The van der Waals surface area contributed by atoms with Gasteiger partial charge in [-0.1, -0.05) is 12.1 Å². The van der Waals surface area contributed by atoms with Crippen molar-refractivity contribution in [2.75, 3.05) is 26.7 Å². The Labute approximate surface area is 123 Å². The van der Waals surface area contributed by atoms with Crippen molar-refractivity contribution in [3.63, 3.8) is 0 Å². The standard InChI is InChI=1S/C15H20FN3O2/c1-11(20)19-7-6-18(10-14(19)15(21)17-2)9-12-4-3-5-13(16)8-12/h3-5,8,14H,6-7,9-10H2,1-2H3,(H,17,21). The van der Waals surface area contributed by atoms with Crippen LogP contribution in [0.15, 0.2) is 24.3 Å². The highest BCUT2D eigenvalue weighted by Crippen LogP contribution is 2.14. The van der Waals surface area contributed by atoms with E-state index in [0.29, 0.717) is 26.2 Å². The van der Waals surface area contributed by atoms with Crippen LogP contribution < -0.4 is 5.32 Å². The van der Waals surface area contributed by atoms with Crippen LogP contribution in [0.5, 0.6) is 0 Å². The molecule has 2 rings (SSSR count). The molecule has 1 unspecified atom stereocenters. The quantitative estimate of drug-likeness (QED) is 0.888. The van der Waals surface area contributed by atoms with Crippen molar-refractivity contribution < 1.29 is 14.0 Å². The summed E-state index contributed by atoms with van der Waals surface area (Å²) in [6, 6.07) is 5.94. The summed E-state index contributed by atoms with van der Waals surface area (Å²) < 4.78 is 13.2. The first-order valence-corrected chi connectivity index (χ1v) is 6.97. The monoisotopic (exact) mass is 293 g/mol. The third-order valence-electron chi connectivity index (χ3n) is 3.71. The summed E-state index contributed by atoms with van der Waals surface area (Å²) >= 11 is 0. The predicted octanol–water partition coefficient (Wildman–Crippen LogP) is 0.604. The highest BCUT2D eigenvalue weighted by atomic mass is 19.1. The number of nitrogens with zero attached hydrogens (tertiary/aromatic N) is 2. The maximum atomic E-state index is 13.2. The Kier molecular flexibility index (Phi) is 4.90. The van der Waals surface area contributed by atoms with Crippen LogP contribution in [-0.2, 0) is 16.1 Å². The smallest absolute Gasteiger partial charge is 0.243 e. The molecule has 1 N–H and O–H groups in total. The maximum absolute atomic E-state index is 13.2. The highest BCUT2D eigenvalue weighted by Gasteiger charge is 2.33. The lowest BCUT2D eigenvalue weighted by Gasteiger charge is -2.40. The van der Waals surface area contributed by atoms with Gasteiger partial charge >= 0.3 is 0 Å². The van der Waals surface area contributed by atoms with Gasteiger partial charge in [0.1, 0.15) is 11.9 Å². The van der Waals surface area contributed by atoms with Gasteiger partial charge in [-0.05, 0) is 17.7 Å². The summed E-state index contributed by atoms with van der Waals surface area (Å²) in [5.41, 5.74) is 0.863. The molecule has 114 valence electrons. The number of halogens is 1. The number of carbonyl (C=O) groups excluding carboxylic acids is 2. The molecule has 0 saturated carbocycles. The number of carbonyl (C=O) groups is 2. The average molecular weight is 293 g/mol. The number of hydrogen-bond acceptors (Lipinski definition) is 3. The van der Waals surface area contributed by atoms with Crippen LogP contribution in [0.2, 0.25) is 0 Å². The van der Waals surface area contributed by atoms with E-state index in [1.807, 2.05) is 6.07 Å². The van der Waals surface area contributed by atoms with Gasteiger partial charge in [-0.25, -0.2) is 4.39 Å². The van der Waals surface area contributed by atoms with Crippen LogP contribution in [0, 0.1) is 5.82 Å². The van der Waals surface area contributed by atoms with E-state index in [0.717, 1.165) is 5.56 Å². The van der Waals surface area contributed by atoms with Crippen molar-refractivity contribution in [3.05, 3.63) is 35.6 Å². The van der Waals surface area contributed by atoms with Crippen LogP contribution >= 0.6 is 0 Å². The van der Waals surface area contributed by atoms with E-state index in [9.17, 15) is 14.0 Å². The molecule has 0 spiro atoms. The fourth-order valence-corrected chi connectivity index (χ4v) is 2.64. The van der Waals surface area contributed by atoms with Gasteiger partial charge in [-0.2, -0.15) is 0 Å². The minimum Gasteiger partial charge on any atom is -0.357 e. The van der Waals surface area contributed by atoms with E-state index in [1.54, 1.807) is 18.0 Å². The Morgan fingerprint density at radius 2 is 2.14 bits per heavy atom. The Balaban J connectivity index is 2.07. The first-order chi connectivity index (χ1) is 10.0. The normalized spacial score (nSPS) is 19.4. The lowest BCUT2D eigenvalue weighted by Crippen LogP contribution is -2.59. The number of rotatable bonds is 3. The van der Waals surface area contributed by atoms with Gasteiger partial charge in [-0.3, -0.25) is 14.5 Å². The fraction of sp³-hybridized carbons (Fsp3) is 0.467. The zero-order valence-electron chi connectivity index (χ0n) is 12.3. The minimum atomic E-state index is -0.491. The number of benzene rings is 1. The molecule has 1 saturated heterocycles. The zero-order chi connectivity index (χ0) is 15.4. The van der Waals surface area contributed by atoms with Gasteiger partial charge in [0, 0.05) is 40.2 Å². The van der Waals surface area contributed by atoms with Crippen LogP contribution in [-0.4, -0.2) is 54.3 Å². The van der Waals surface area contributed by atoms with E-state index in [-0.39, 0.29) is 17.6 Å². The van der Waals surface area contributed by atoms with Gasteiger partial charge in [0.05, 0.1) is 0 Å². The van der Waals surface area contributed by atoms with E-state index in [2.05, 4.69) is 10.2 Å². The van der Waals surface area contributed by atoms with Gasteiger partial charge < -0.3 is 10.2 Å². The van der Waals surface area contributed by atoms with Crippen LogP contribution in [0.25, 0.3) is 0 Å². The molecule has 0 aromatic heterocycles. The largest absolute Gasteiger partial charge is 0.357 e. The molecular formula is C15H20FN3O2. The molecule has 1 atom stereocenters. The van der Waals surface area contributed by atoms with Gasteiger partial charge in [0.2, 0.25) is 11.8 Å². The number of likely N-dealkylation sites (N-methyl/N-ethyl adjacent to an activating group) is 1. The first kappa shape index (κ1) is 15.4. The Morgan fingerprint density at radius 1 is 1.38 bits per heavy atom. The van der Waals surface area contributed by atoms with Gasteiger partial charge in [0.25, 0.3) is 0 Å². The van der Waals surface area contributed by atoms with Crippen molar-refractivity contribution in [1.29, 1.82) is 0 Å². The molecule has 2 amide bonds. The second-order valence-corrected chi connectivity index (χ2v) is 5.21. The second kappa shape index (κ2) is 6.67. The molecule has 1 heterocycles. The number of amides is 2. The van der Waals surface area contributed by atoms with E-state index < -0.39 is 6.04 Å². The van der Waals surface area contributed by atoms with Gasteiger partial charge in [0.15, 0.2) is 0 Å². The van der Waals surface area contributed by atoms with Crippen molar-refractivity contribution in [2.45, 2.75) is 19.5 Å². The third-order valence-corrected chi connectivity index (χ3v) is 3.71. The predicted molar refractivity (Wildman–Crippen MR) is 76.9 cm³/mol. The van der Waals surface area contributed by atoms with Crippen LogP contribution in [0.4, 0.5) is 4.39 Å². The first-order valence-electron chi connectivity index (χ1n) is 6.97. The summed E-state index contributed by atoms with van der Waals surface area (Å²) in [7, 11) is 1.56. The number of piperazine rings is 1. The molecule has 21 heavy (non-hydrogen) atoms. The SMILES string of the molecule is CNC(=O)C1CN(Cc2cccc(F)c2)CCN1C(C)=O. The fourth-order valence-electron chi connectivity index (χ4n) is 2.64. The molecule has 1 aromatic carbocycles. The number of nitrogens with one attached hydrogen (secondary N) is 1. The molecular weight excluding hydrogens is 273 g/mol. The summed E-state index contributed by atoms with van der Waals surface area (Å²) in [6.07, 6.45) is 0. The molecule has 1 fully saturated rings. The van der Waals surface area contributed by atoms with Gasteiger partial charge in [-0.15, -0.1) is 0 Å². The van der Waals surface area contributed by atoms with Crippen molar-refractivity contribution >= 4 is 11.8 Å². The zero-order valence-corrected chi connectivity index (χ0v) is 12.3. The molecule has 0 bridgehead atoms. The summed E-state index contributed by atoms with van der Waals surface area (Å²) in [5.74, 6) is -0.541. The molecule has 1 aromatic rings. The Bertz CT molecular complexity index is 535. The molecule has 5 nitrogen and oxygen atoms in total. The van der Waals surface area contributed by atoms with Crippen LogP contribution in [0.3, 0.4) is 0 Å². The van der Waals surface area contributed by atoms with Crippen LogP contribution in [0.1, 0.15) is 12.5 Å².